The molecule has 0 atom stereocenters. The van der Waals surface area contributed by atoms with Crippen molar-refractivity contribution in [2.24, 2.45) is 0 Å². The number of Topliss-reactive ketones (excluding diaryl/α,β-unsaturated/α-hetero) is 1. The normalized spacial score (nSPS) is 10.9. The number of rotatable bonds is 7. The van der Waals surface area contributed by atoms with E-state index in [0.29, 0.717) is 6.54 Å². The number of nitrogens with one attached hydrogen (secondary N) is 2. The van der Waals surface area contributed by atoms with Crippen molar-refractivity contribution in [2.45, 2.75) is 26.2 Å². The van der Waals surface area contributed by atoms with E-state index in [1.807, 2.05) is 24.3 Å². The number of carbonyl (C=O) groups is 1. The van der Waals surface area contributed by atoms with Crippen LogP contribution < -0.4 is 5.32 Å². The molecule has 2 N–H and O–H groups in total. The van der Waals surface area contributed by atoms with Gasteiger partial charge in [-0.25, -0.2) is 0 Å². The number of hydrogen-bond donors (Lipinski definition) is 2. The molecule has 2 rings (SSSR count). The molecule has 0 spiro atoms. The average molecular weight is 244 g/mol. The zero-order valence-corrected chi connectivity index (χ0v) is 10.8. The summed E-state index contributed by atoms with van der Waals surface area (Å²) in [6, 6.07) is 7.90. The number of para-hydroxylation sites is 1. The Bertz CT molecular complexity index is 516. The van der Waals surface area contributed by atoms with E-state index in [9.17, 15) is 4.79 Å². The summed E-state index contributed by atoms with van der Waals surface area (Å²) in [6.07, 6.45) is 5.37. The van der Waals surface area contributed by atoms with Crippen molar-refractivity contribution >= 4 is 16.7 Å². The van der Waals surface area contributed by atoms with Gasteiger partial charge in [-0.05, 0) is 19.0 Å². The summed E-state index contributed by atoms with van der Waals surface area (Å²) in [5.74, 6) is 0.156. The van der Waals surface area contributed by atoms with E-state index in [1.54, 1.807) is 6.20 Å². The van der Waals surface area contributed by atoms with Gasteiger partial charge in [0.1, 0.15) is 0 Å². The predicted molar refractivity (Wildman–Crippen MR) is 75.0 cm³/mol. The molecule has 0 bridgehead atoms. The van der Waals surface area contributed by atoms with Crippen molar-refractivity contribution < 1.29 is 4.79 Å². The van der Waals surface area contributed by atoms with Gasteiger partial charge in [-0.2, -0.15) is 0 Å². The first kappa shape index (κ1) is 12.8. The number of aromatic amines is 1. The summed E-state index contributed by atoms with van der Waals surface area (Å²) in [6.45, 7) is 3.52. The molecule has 1 aromatic carbocycles. The van der Waals surface area contributed by atoms with Gasteiger partial charge in [-0.15, -0.1) is 0 Å². The Balaban J connectivity index is 1.93. The lowest BCUT2D eigenvalue weighted by atomic mass is 10.1. The van der Waals surface area contributed by atoms with Gasteiger partial charge in [-0.1, -0.05) is 38.0 Å². The molecule has 0 aliphatic carbocycles. The Kier molecular flexibility index (Phi) is 4.53. The fourth-order valence-corrected chi connectivity index (χ4v) is 2.10. The zero-order valence-electron chi connectivity index (χ0n) is 10.8. The molecule has 96 valence electrons. The number of ketones is 1. The molecule has 18 heavy (non-hydrogen) atoms. The zero-order chi connectivity index (χ0) is 12.8. The SMILES string of the molecule is CCCCCNCC(=O)c1c[nH]c2ccccc12. The third kappa shape index (κ3) is 2.99. The van der Waals surface area contributed by atoms with E-state index < -0.39 is 0 Å². The number of unbranched alkanes of at least 4 members (excludes halogenated alkanes) is 2. The quantitative estimate of drug-likeness (QED) is 0.580. The molecule has 0 saturated heterocycles. The lowest BCUT2D eigenvalue weighted by Gasteiger charge is -2.02. The highest BCUT2D eigenvalue weighted by molar-refractivity contribution is 6.08. The Morgan fingerprint density at radius 1 is 1.28 bits per heavy atom. The van der Waals surface area contributed by atoms with Crippen molar-refractivity contribution in [3.8, 4) is 0 Å². The van der Waals surface area contributed by atoms with Crippen LogP contribution in [0.2, 0.25) is 0 Å². The van der Waals surface area contributed by atoms with Gasteiger partial charge in [0.2, 0.25) is 0 Å². The molecule has 0 aliphatic heterocycles. The Morgan fingerprint density at radius 2 is 2.11 bits per heavy atom. The van der Waals surface area contributed by atoms with Gasteiger partial charge in [0.05, 0.1) is 6.54 Å². The van der Waals surface area contributed by atoms with Crippen molar-refractivity contribution in [2.75, 3.05) is 13.1 Å². The van der Waals surface area contributed by atoms with Crippen LogP contribution in [0.1, 0.15) is 36.5 Å². The maximum Gasteiger partial charge on any atom is 0.178 e. The van der Waals surface area contributed by atoms with Crippen LogP contribution in [0.4, 0.5) is 0 Å². The average Bonchev–Trinajstić information content (AvgIpc) is 2.82. The van der Waals surface area contributed by atoms with Gasteiger partial charge >= 0.3 is 0 Å². The molecule has 3 heteroatoms. The lowest BCUT2D eigenvalue weighted by molar-refractivity contribution is 0.0993. The minimum Gasteiger partial charge on any atom is -0.360 e. The van der Waals surface area contributed by atoms with Crippen LogP contribution in [0, 0.1) is 0 Å². The standard InChI is InChI=1S/C15H20N2O/c1-2-3-6-9-16-11-15(18)13-10-17-14-8-5-4-7-12(13)14/h4-5,7-8,10,16-17H,2-3,6,9,11H2,1H3. The van der Waals surface area contributed by atoms with E-state index in [0.717, 1.165) is 29.4 Å². The number of H-pyrrole nitrogens is 1. The highest BCUT2D eigenvalue weighted by Gasteiger charge is 2.10. The van der Waals surface area contributed by atoms with Gasteiger partial charge in [-0.3, -0.25) is 4.79 Å². The molecule has 1 heterocycles. The highest BCUT2D eigenvalue weighted by atomic mass is 16.1. The third-order valence-corrected chi connectivity index (χ3v) is 3.13. The van der Waals surface area contributed by atoms with Gasteiger partial charge in [0.25, 0.3) is 0 Å². The first-order valence-electron chi connectivity index (χ1n) is 6.63. The topological polar surface area (TPSA) is 44.9 Å². The molecule has 0 aliphatic rings. The van der Waals surface area contributed by atoms with Gasteiger partial charge in [0, 0.05) is 22.7 Å². The molecular formula is C15H20N2O. The second-order valence-electron chi connectivity index (χ2n) is 4.55. The van der Waals surface area contributed by atoms with Gasteiger partial charge in [0.15, 0.2) is 5.78 Å². The van der Waals surface area contributed by atoms with Crippen molar-refractivity contribution in [3.63, 3.8) is 0 Å². The maximum absolute atomic E-state index is 12.1. The van der Waals surface area contributed by atoms with Crippen LogP contribution in [0.5, 0.6) is 0 Å². The molecule has 0 radical (unpaired) electrons. The van der Waals surface area contributed by atoms with E-state index >= 15 is 0 Å². The third-order valence-electron chi connectivity index (χ3n) is 3.13. The Labute approximate surface area is 108 Å². The summed E-state index contributed by atoms with van der Waals surface area (Å²) in [4.78, 5) is 15.2. The minimum absolute atomic E-state index is 0.156. The smallest absolute Gasteiger partial charge is 0.178 e. The molecule has 1 aromatic heterocycles. The van der Waals surface area contributed by atoms with Gasteiger partial charge < -0.3 is 10.3 Å². The highest BCUT2D eigenvalue weighted by Crippen LogP contribution is 2.17. The van der Waals surface area contributed by atoms with E-state index in [4.69, 9.17) is 0 Å². The summed E-state index contributed by atoms with van der Waals surface area (Å²) in [7, 11) is 0. The van der Waals surface area contributed by atoms with Crippen LogP contribution in [-0.4, -0.2) is 23.9 Å². The second kappa shape index (κ2) is 6.36. The van der Waals surface area contributed by atoms with Crippen LogP contribution in [0.15, 0.2) is 30.5 Å². The summed E-state index contributed by atoms with van der Waals surface area (Å²) in [5, 5.41) is 4.22. The second-order valence-corrected chi connectivity index (χ2v) is 4.55. The molecule has 0 fully saturated rings. The van der Waals surface area contributed by atoms with E-state index in [2.05, 4.69) is 17.2 Å². The van der Waals surface area contributed by atoms with E-state index in [-0.39, 0.29) is 5.78 Å². The molecule has 0 unspecified atom stereocenters. The Morgan fingerprint density at radius 3 is 2.94 bits per heavy atom. The van der Waals surface area contributed by atoms with Crippen LogP contribution in [0.3, 0.4) is 0 Å². The number of benzene rings is 1. The summed E-state index contributed by atoms with van der Waals surface area (Å²) in [5.41, 5.74) is 1.81. The molecule has 3 nitrogen and oxygen atoms in total. The number of fused-ring (bicyclic) bond motifs is 1. The van der Waals surface area contributed by atoms with Crippen molar-refractivity contribution in [1.29, 1.82) is 0 Å². The minimum atomic E-state index is 0.156. The number of carbonyl (C=O) groups excluding carboxylic acids is 1. The van der Waals surface area contributed by atoms with Crippen molar-refractivity contribution in [1.82, 2.24) is 10.3 Å². The van der Waals surface area contributed by atoms with Crippen LogP contribution in [-0.2, 0) is 0 Å². The fraction of sp³-hybridized carbons (Fsp3) is 0.400. The fourth-order valence-electron chi connectivity index (χ4n) is 2.10. The molecule has 0 saturated carbocycles. The lowest BCUT2D eigenvalue weighted by Crippen LogP contribution is -2.23. The first-order valence-corrected chi connectivity index (χ1v) is 6.63. The Hall–Kier alpha value is -1.61. The summed E-state index contributed by atoms with van der Waals surface area (Å²) >= 11 is 0. The summed E-state index contributed by atoms with van der Waals surface area (Å²) < 4.78 is 0. The number of hydrogen-bond acceptors (Lipinski definition) is 2. The molecular weight excluding hydrogens is 224 g/mol. The van der Waals surface area contributed by atoms with Crippen molar-refractivity contribution in [3.05, 3.63) is 36.0 Å². The van der Waals surface area contributed by atoms with E-state index in [1.165, 1.54) is 12.8 Å². The molecule has 2 aromatic rings. The predicted octanol–water partition coefficient (Wildman–Crippen LogP) is 3.13. The van der Waals surface area contributed by atoms with Crippen LogP contribution in [0.25, 0.3) is 10.9 Å². The maximum atomic E-state index is 12.1. The van der Waals surface area contributed by atoms with Crippen LogP contribution >= 0.6 is 0 Å². The largest absolute Gasteiger partial charge is 0.360 e. The first-order chi connectivity index (χ1) is 8.83. The monoisotopic (exact) mass is 244 g/mol. The molecule has 0 amide bonds. The number of aromatic nitrogens is 1.